The molecule has 0 bridgehead atoms. The number of hydrogen-bond donors (Lipinski definition) is 0. The normalized spacial score (nSPS) is 18.9. The van der Waals surface area contributed by atoms with Crippen molar-refractivity contribution in [2.75, 3.05) is 19.6 Å². The van der Waals surface area contributed by atoms with E-state index in [0.717, 1.165) is 17.1 Å². The molecule has 2 aliphatic rings. The molecule has 39 heavy (non-hydrogen) atoms. The molecule has 0 N–H and O–H groups in total. The van der Waals surface area contributed by atoms with Crippen LogP contribution >= 0.6 is 11.6 Å². The molecule has 2 aliphatic heterocycles. The van der Waals surface area contributed by atoms with E-state index in [4.69, 9.17) is 21.1 Å². The summed E-state index contributed by atoms with van der Waals surface area (Å²) in [4.78, 5) is 28.3. The van der Waals surface area contributed by atoms with Crippen LogP contribution in [0.1, 0.15) is 28.8 Å². The maximum Gasteiger partial charge on any atom is 0.491 e. The number of piperidine rings is 1. The van der Waals surface area contributed by atoms with E-state index in [1.54, 1.807) is 0 Å². The Morgan fingerprint density at radius 1 is 0.923 bits per heavy atom. The number of esters is 1. The van der Waals surface area contributed by atoms with Gasteiger partial charge in [-0.3, -0.25) is 9.69 Å². The fourth-order valence-electron chi connectivity index (χ4n) is 5.16. The monoisotopic (exact) mass is 558 g/mol. The molecule has 2 fully saturated rings. The van der Waals surface area contributed by atoms with Crippen molar-refractivity contribution in [3.05, 3.63) is 95.0 Å². The summed E-state index contributed by atoms with van der Waals surface area (Å²) < 4.78 is 50.3. The van der Waals surface area contributed by atoms with Crippen molar-refractivity contribution < 1.29 is 32.2 Å². The third-order valence-electron chi connectivity index (χ3n) is 7.28. The standard InChI is InChI=1S/C29H26ClF3N2O4/c30-22-12-10-20(11-13-22)25(36)35-19-28(26(35)39-27(37)29(31,32)33)14-16-34(17-15-28)18-21-6-4-5-9-24(21)38-23-7-2-1-3-8-23/h1-13,26H,14-19H2. The van der Waals surface area contributed by atoms with Gasteiger partial charge < -0.3 is 14.4 Å². The van der Waals surface area contributed by atoms with Crippen LogP contribution in [0.4, 0.5) is 13.2 Å². The SMILES string of the molecule is O=C(c1ccc(Cl)cc1)N1CC2(CCN(Cc3ccccc3Oc3ccccc3)CC2)C1OC(=O)C(F)(F)F. The Kier molecular flexibility index (Phi) is 7.55. The molecule has 0 radical (unpaired) electrons. The number of halogens is 4. The molecule has 1 spiro atoms. The van der Waals surface area contributed by atoms with Crippen LogP contribution in [0.25, 0.3) is 0 Å². The van der Waals surface area contributed by atoms with Crippen molar-refractivity contribution in [2.24, 2.45) is 5.41 Å². The van der Waals surface area contributed by atoms with Crippen LogP contribution in [0.3, 0.4) is 0 Å². The number of alkyl halides is 3. The minimum absolute atomic E-state index is 0.200. The first-order valence-corrected chi connectivity index (χ1v) is 12.9. The van der Waals surface area contributed by atoms with E-state index < -0.39 is 29.7 Å². The lowest BCUT2D eigenvalue weighted by atomic mass is 9.69. The van der Waals surface area contributed by atoms with Crippen molar-refractivity contribution in [1.82, 2.24) is 9.80 Å². The van der Waals surface area contributed by atoms with E-state index in [1.807, 2.05) is 54.6 Å². The van der Waals surface area contributed by atoms with Gasteiger partial charge in [0.25, 0.3) is 5.91 Å². The second-order valence-electron chi connectivity index (χ2n) is 9.86. The van der Waals surface area contributed by atoms with Gasteiger partial charge in [0.2, 0.25) is 0 Å². The predicted octanol–water partition coefficient (Wildman–Crippen LogP) is 6.30. The van der Waals surface area contributed by atoms with Gasteiger partial charge in [-0.1, -0.05) is 48.0 Å². The van der Waals surface area contributed by atoms with E-state index in [0.29, 0.717) is 37.5 Å². The molecule has 0 saturated carbocycles. The third-order valence-corrected chi connectivity index (χ3v) is 7.54. The van der Waals surface area contributed by atoms with Crippen molar-refractivity contribution in [2.45, 2.75) is 31.8 Å². The highest BCUT2D eigenvalue weighted by Crippen LogP contribution is 2.48. The summed E-state index contributed by atoms with van der Waals surface area (Å²) in [6, 6.07) is 23.2. The first-order valence-electron chi connectivity index (χ1n) is 12.5. The summed E-state index contributed by atoms with van der Waals surface area (Å²) >= 11 is 5.90. The molecule has 3 aromatic rings. The average Bonchev–Trinajstić information content (AvgIpc) is 2.92. The Morgan fingerprint density at radius 3 is 2.23 bits per heavy atom. The molecule has 1 atom stereocenters. The Hall–Kier alpha value is -3.56. The van der Waals surface area contributed by atoms with E-state index in [9.17, 15) is 22.8 Å². The molecule has 6 nitrogen and oxygen atoms in total. The third kappa shape index (κ3) is 5.89. The fourth-order valence-corrected chi connectivity index (χ4v) is 5.29. The smallest absolute Gasteiger partial charge is 0.457 e. The maximum absolute atomic E-state index is 13.1. The number of ether oxygens (including phenoxy) is 2. The number of amides is 1. The zero-order chi connectivity index (χ0) is 27.6. The quantitative estimate of drug-likeness (QED) is 0.332. The number of benzene rings is 3. The van der Waals surface area contributed by atoms with Gasteiger partial charge in [-0.05, 0) is 68.4 Å². The van der Waals surface area contributed by atoms with Gasteiger partial charge in [0, 0.05) is 34.7 Å². The highest BCUT2D eigenvalue weighted by atomic mass is 35.5. The molecule has 5 rings (SSSR count). The highest BCUT2D eigenvalue weighted by molar-refractivity contribution is 6.30. The van der Waals surface area contributed by atoms with E-state index in [-0.39, 0.29) is 12.1 Å². The van der Waals surface area contributed by atoms with Crippen LogP contribution in [-0.2, 0) is 16.1 Å². The molecule has 2 heterocycles. The number of carbonyl (C=O) groups excluding carboxylic acids is 2. The van der Waals surface area contributed by atoms with Gasteiger partial charge in [-0.2, -0.15) is 13.2 Å². The number of rotatable bonds is 6. The average molecular weight is 559 g/mol. The second-order valence-corrected chi connectivity index (χ2v) is 10.3. The Labute approximate surface area is 228 Å². The number of likely N-dealkylation sites (tertiary alicyclic amines) is 2. The van der Waals surface area contributed by atoms with Gasteiger partial charge in [-0.25, -0.2) is 4.79 Å². The van der Waals surface area contributed by atoms with Gasteiger partial charge in [0.15, 0.2) is 6.23 Å². The molecule has 10 heteroatoms. The van der Waals surface area contributed by atoms with Gasteiger partial charge >= 0.3 is 12.1 Å². The van der Waals surface area contributed by atoms with Gasteiger partial charge in [-0.15, -0.1) is 0 Å². The molecule has 204 valence electrons. The summed E-state index contributed by atoms with van der Waals surface area (Å²) in [5.41, 5.74) is 0.486. The van der Waals surface area contributed by atoms with Crippen molar-refractivity contribution in [3.63, 3.8) is 0 Å². The minimum Gasteiger partial charge on any atom is -0.457 e. The molecule has 2 saturated heterocycles. The summed E-state index contributed by atoms with van der Waals surface area (Å²) in [6.45, 7) is 1.90. The number of hydrogen-bond acceptors (Lipinski definition) is 5. The lowest BCUT2D eigenvalue weighted by Gasteiger charge is -2.58. The molecule has 1 amide bonds. The topological polar surface area (TPSA) is 59.1 Å². The lowest BCUT2D eigenvalue weighted by Crippen LogP contribution is -2.70. The van der Waals surface area contributed by atoms with Crippen LogP contribution in [-0.4, -0.2) is 53.7 Å². The fraction of sp³-hybridized carbons (Fsp3) is 0.310. The van der Waals surface area contributed by atoms with Gasteiger partial charge in [0.1, 0.15) is 11.5 Å². The van der Waals surface area contributed by atoms with Crippen molar-refractivity contribution in [3.8, 4) is 11.5 Å². The number of nitrogens with zero attached hydrogens (tertiary/aromatic N) is 2. The van der Waals surface area contributed by atoms with Crippen LogP contribution in [0.5, 0.6) is 11.5 Å². The number of carbonyl (C=O) groups is 2. The first-order chi connectivity index (χ1) is 18.6. The highest BCUT2D eigenvalue weighted by Gasteiger charge is 2.59. The van der Waals surface area contributed by atoms with Crippen LogP contribution in [0, 0.1) is 5.41 Å². The van der Waals surface area contributed by atoms with Crippen molar-refractivity contribution >= 4 is 23.5 Å². The Morgan fingerprint density at radius 2 is 1.56 bits per heavy atom. The summed E-state index contributed by atoms with van der Waals surface area (Å²) in [6.07, 6.45) is -5.52. The Bertz CT molecular complexity index is 1330. The molecule has 0 aliphatic carbocycles. The summed E-state index contributed by atoms with van der Waals surface area (Å²) in [5.74, 6) is -1.36. The summed E-state index contributed by atoms with van der Waals surface area (Å²) in [5, 5.41) is 0.426. The molecular formula is C29H26ClF3N2O4. The van der Waals surface area contributed by atoms with Crippen molar-refractivity contribution in [1.29, 1.82) is 0 Å². The Balaban J connectivity index is 1.28. The number of para-hydroxylation sites is 2. The maximum atomic E-state index is 13.1. The first kappa shape index (κ1) is 27.0. The van der Waals surface area contributed by atoms with Crippen LogP contribution < -0.4 is 4.74 Å². The van der Waals surface area contributed by atoms with Gasteiger partial charge in [0.05, 0.1) is 0 Å². The van der Waals surface area contributed by atoms with Crippen LogP contribution in [0.15, 0.2) is 78.9 Å². The molecule has 3 aromatic carbocycles. The van der Waals surface area contributed by atoms with Crippen LogP contribution in [0.2, 0.25) is 5.02 Å². The predicted molar refractivity (Wildman–Crippen MR) is 138 cm³/mol. The largest absolute Gasteiger partial charge is 0.491 e. The minimum atomic E-state index is -5.16. The van der Waals surface area contributed by atoms with E-state index in [1.165, 1.54) is 29.2 Å². The molecule has 1 unspecified atom stereocenters. The molecular weight excluding hydrogens is 533 g/mol. The summed E-state index contributed by atoms with van der Waals surface area (Å²) in [7, 11) is 0. The molecule has 0 aromatic heterocycles. The zero-order valence-electron chi connectivity index (χ0n) is 20.9. The van der Waals surface area contributed by atoms with E-state index >= 15 is 0 Å². The lowest BCUT2D eigenvalue weighted by molar-refractivity contribution is -0.248. The second kappa shape index (κ2) is 10.9. The zero-order valence-corrected chi connectivity index (χ0v) is 21.6. The van der Waals surface area contributed by atoms with E-state index in [2.05, 4.69) is 4.90 Å².